The molecule has 0 fully saturated rings. The van der Waals surface area contributed by atoms with E-state index in [9.17, 15) is 4.79 Å². The maximum absolute atomic E-state index is 11.7. The summed E-state index contributed by atoms with van der Waals surface area (Å²) in [5.41, 5.74) is 1.74. The zero-order valence-electron chi connectivity index (χ0n) is 8.77. The number of allylic oxidation sites excluding steroid dienone is 2. The van der Waals surface area contributed by atoms with Crippen LogP contribution in [0, 0.1) is 6.92 Å². The third-order valence-electron chi connectivity index (χ3n) is 2.29. The van der Waals surface area contributed by atoms with Crippen molar-refractivity contribution in [1.82, 2.24) is 9.78 Å². The van der Waals surface area contributed by atoms with E-state index in [2.05, 4.69) is 5.10 Å². The van der Waals surface area contributed by atoms with E-state index in [0.717, 1.165) is 16.6 Å². The van der Waals surface area contributed by atoms with Gasteiger partial charge in [0.05, 0.1) is 11.2 Å². The van der Waals surface area contributed by atoms with Crippen LogP contribution in [0.15, 0.2) is 36.4 Å². The highest BCUT2D eigenvalue weighted by molar-refractivity contribution is 5.97. The van der Waals surface area contributed by atoms with E-state index in [-0.39, 0.29) is 5.91 Å². The van der Waals surface area contributed by atoms with Gasteiger partial charge in [-0.2, -0.15) is 9.78 Å². The van der Waals surface area contributed by atoms with Crippen molar-refractivity contribution in [3.05, 3.63) is 42.1 Å². The summed E-state index contributed by atoms with van der Waals surface area (Å²) in [5, 5.41) is 5.25. The highest BCUT2D eigenvalue weighted by Crippen LogP contribution is 2.17. The number of aryl methyl sites for hydroxylation is 1. The van der Waals surface area contributed by atoms with Gasteiger partial charge in [-0.1, -0.05) is 24.3 Å². The molecule has 1 aromatic heterocycles. The average molecular weight is 200 g/mol. The Bertz CT molecular complexity index is 538. The molecule has 76 valence electrons. The fourth-order valence-electron chi connectivity index (χ4n) is 1.60. The van der Waals surface area contributed by atoms with Crippen LogP contribution in [0.1, 0.15) is 17.4 Å². The van der Waals surface area contributed by atoms with Crippen molar-refractivity contribution in [2.24, 2.45) is 0 Å². The van der Waals surface area contributed by atoms with E-state index >= 15 is 0 Å². The Labute approximate surface area is 88.0 Å². The second-order valence-corrected chi connectivity index (χ2v) is 3.35. The molecule has 0 spiro atoms. The predicted molar refractivity (Wildman–Crippen MR) is 59.9 cm³/mol. The van der Waals surface area contributed by atoms with Gasteiger partial charge >= 0.3 is 0 Å². The molecule has 3 heteroatoms. The van der Waals surface area contributed by atoms with Crippen LogP contribution in [0.2, 0.25) is 0 Å². The molecule has 2 rings (SSSR count). The fourth-order valence-corrected chi connectivity index (χ4v) is 1.60. The maximum Gasteiger partial charge on any atom is 0.271 e. The average Bonchev–Trinajstić information content (AvgIpc) is 2.58. The first-order valence-electron chi connectivity index (χ1n) is 4.85. The summed E-state index contributed by atoms with van der Waals surface area (Å²) in [6.45, 7) is 3.72. The number of rotatable bonds is 1. The second kappa shape index (κ2) is 3.69. The van der Waals surface area contributed by atoms with Gasteiger partial charge in [-0.25, -0.2) is 0 Å². The van der Waals surface area contributed by atoms with Gasteiger partial charge in [0, 0.05) is 11.5 Å². The molecule has 0 saturated carbocycles. The third kappa shape index (κ3) is 1.56. The third-order valence-corrected chi connectivity index (χ3v) is 2.29. The van der Waals surface area contributed by atoms with E-state index in [4.69, 9.17) is 0 Å². The minimum Gasteiger partial charge on any atom is -0.267 e. The Balaban J connectivity index is 2.67. The Kier molecular flexibility index (Phi) is 2.37. The van der Waals surface area contributed by atoms with Crippen molar-refractivity contribution >= 4 is 16.8 Å². The number of para-hydroxylation sites is 1. The van der Waals surface area contributed by atoms with Crippen molar-refractivity contribution in [3.63, 3.8) is 0 Å². The van der Waals surface area contributed by atoms with E-state index in [1.165, 1.54) is 10.8 Å². The van der Waals surface area contributed by atoms with Crippen LogP contribution < -0.4 is 0 Å². The number of hydrogen-bond donors (Lipinski definition) is 0. The lowest BCUT2D eigenvalue weighted by Gasteiger charge is -1.96. The molecule has 0 saturated heterocycles. The first-order valence-corrected chi connectivity index (χ1v) is 4.85. The minimum atomic E-state index is -0.109. The Morgan fingerprint density at radius 1 is 1.40 bits per heavy atom. The van der Waals surface area contributed by atoms with Gasteiger partial charge < -0.3 is 0 Å². The molecule has 0 N–H and O–H groups in total. The van der Waals surface area contributed by atoms with Crippen LogP contribution in [-0.4, -0.2) is 15.7 Å². The summed E-state index contributed by atoms with van der Waals surface area (Å²) in [7, 11) is 0. The standard InChI is InChI=1S/C12H12N2O/c1-3-6-12(15)14-11-8-5-4-7-10(11)9(2)13-14/h3-8H,1-2H3. The van der Waals surface area contributed by atoms with Crippen LogP contribution >= 0.6 is 0 Å². The zero-order chi connectivity index (χ0) is 10.8. The summed E-state index contributed by atoms with van der Waals surface area (Å²) in [6, 6.07) is 7.72. The summed E-state index contributed by atoms with van der Waals surface area (Å²) in [6.07, 6.45) is 3.23. The lowest BCUT2D eigenvalue weighted by Crippen LogP contribution is -2.08. The molecule has 0 aliphatic heterocycles. The van der Waals surface area contributed by atoms with Crippen molar-refractivity contribution in [2.45, 2.75) is 13.8 Å². The number of aromatic nitrogens is 2. The topological polar surface area (TPSA) is 34.9 Å². The molecule has 3 nitrogen and oxygen atoms in total. The Hall–Kier alpha value is -1.90. The van der Waals surface area contributed by atoms with Gasteiger partial charge in [0.25, 0.3) is 5.91 Å². The van der Waals surface area contributed by atoms with Gasteiger partial charge in [0.15, 0.2) is 0 Å². The highest BCUT2D eigenvalue weighted by atomic mass is 16.2. The number of carbonyl (C=O) groups is 1. The van der Waals surface area contributed by atoms with E-state index < -0.39 is 0 Å². The molecule has 1 aromatic carbocycles. The monoisotopic (exact) mass is 200 g/mol. The van der Waals surface area contributed by atoms with Crippen molar-refractivity contribution in [3.8, 4) is 0 Å². The molecule has 0 aliphatic rings. The Morgan fingerprint density at radius 2 is 2.13 bits per heavy atom. The molecule has 0 bridgehead atoms. The second-order valence-electron chi connectivity index (χ2n) is 3.35. The molecule has 0 atom stereocenters. The predicted octanol–water partition coefficient (Wildman–Crippen LogP) is 2.56. The van der Waals surface area contributed by atoms with Gasteiger partial charge in [-0.05, 0) is 19.9 Å². The first-order chi connectivity index (χ1) is 7.24. The molecular weight excluding hydrogens is 188 g/mol. The molecule has 15 heavy (non-hydrogen) atoms. The number of benzene rings is 1. The van der Waals surface area contributed by atoms with Gasteiger partial charge in [-0.3, -0.25) is 4.79 Å². The van der Waals surface area contributed by atoms with Gasteiger partial charge in [-0.15, -0.1) is 0 Å². The summed E-state index contributed by atoms with van der Waals surface area (Å²) in [5.74, 6) is -0.109. The number of fused-ring (bicyclic) bond motifs is 1. The highest BCUT2D eigenvalue weighted by Gasteiger charge is 2.09. The van der Waals surface area contributed by atoms with Crippen molar-refractivity contribution < 1.29 is 4.79 Å². The first kappa shape index (κ1) is 9.65. The zero-order valence-corrected chi connectivity index (χ0v) is 8.77. The summed E-state index contributed by atoms with van der Waals surface area (Å²) >= 11 is 0. The number of hydrogen-bond acceptors (Lipinski definition) is 2. The molecule has 1 heterocycles. The van der Waals surface area contributed by atoms with E-state index in [1.54, 1.807) is 6.08 Å². The maximum atomic E-state index is 11.7. The van der Waals surface area contributed by atoms with Crippen molar-refractivity contribution in [2.75, 3.05) is 0 Å². The smallest absolute Gasteiger partial charge is 0.267 e. The number of nitrogens with zero attached hydrogens (tertiary/aromatic N) is 2. The van der Waals surface area contributed by atoms with Crippen molar-refractivity contribution in [1.29, 1.82) is 0 Å². The largest absolute Gasteiger partial charge is 0.271 e. The molecule has 0 radical (unpaired) electrons. The molecule has 2 aromatic rings. The summed E-state index contributed by atoms with van der Waals surface area (Å²) in [4.78, 5) is 11.7. The molecule has 0 unspecified atom stereocenters. The SMILES string of the molecule is CC=CC(=O)n1nc(C)c2ccccc21. The van der Waals surface area contributed by atoms with Crippen LogP contribution in [0.4, 0.5) is 0 Å². The fraction of sp³-hybridized carbons (Fsp3) is 0.167. The Morgan fingerprint density at radius 3 is 2.87 bits per heavy atom. The van der Waals surface area contributed by atoms with E-state index in [0.29, 0.717) is 0 Å². The molecular formula is C12H12N2O. The van der Waals surface area contributed by atoms with Crippen LogP contribution in [0.5, 0.6) is 0 Å². The van der Waals surface area contributed by atoms with Gasteiger partial charge in [0.1, 0.15) is 0 Å². The van der Waals surface area contributed by atoms with E-state index in [1.807, 2.05) is 38.1 Å². The quantitative estimate of drug-likeness (QED) is 0.663. The van der Waals surface area contributed by atoms with Crippen LogP contribution in [0.3, 0.4) is 0 Å². The molecule has 0 amide bonds. The summed E-state index contributed by atoms with van der Waals surface area (Å²) < 4.78 is 1.44. The number of carbonyl (C=O) groups excluding carboxylic acids is 1. The normalized spacial score (nSPS) is 11.3. The minimum absolute atomic E-state index is 0.109. The lowest BCUT2D eigenvalue weighted by molar-refractivity contribution is 0.0959. The van der Waals surface area contributed by atoms with Crippen LogP contribution in [0.25, 0.3) is 10.9 Å². The molecule has 0 aliphatic carbocycles. The van der Waals surface area contributed by atoms with Crippen LogP contribution in [-0.2, 0) is 0 Å². The lowest BCUT2D eigenvalue weighted by atomic mass is 10.2. The van der Waals surface area contributed by atoms with Gasteiger partial charge in [0.2, 0.25) is 0 Å².